The molecular formula is C4H14BrNNa2O10S2. The normalized spacial score (nSPS) is 11.1. The average molecular weight is 426 g/mol. The number of nitrogens with zero attached hydrogens (tertiary/aromatic N) is 1. The molecule has 0 radical (unpaired) electrons. The number of hydrogen-bond acceptors (Lipinski definition) is 6. The maximum absolute atomic E-state index is 10.4. The van der Waals surface area contributed by atoms with E-state index in [0.717, 1.165) is 3.93 Å². The van der Waals surface area contributed by atoms with Gasteiger partial charge in [0.15, 0.2) is 0 Å². The van der Waals surface area contributed by atoms with Crippen LogP contribution in [0.1, 0.15) is 12.8 Å². The van der Waals surface area contributed by atoms with Crippen molar-refractivity contribution in [1.29, 1.82) is 0 Å². The van der Waals surface area contributed by atoms with Crippen LogP contribution in [-0.4, -0.2) is 56.4 Å². The van der Waals surface area contributed by atoms with Crippen molar-refractivity contribution in [2.45, 2.75) is 12.8 Å². The van der Waals surface area contributed by atoms with E-state index in [1.165, 1.54) is 0 Å². The molecule has 1 aliphatic heterocycles. The Labute approximate surface area is 172 Å². The number of carbonyl (C=O) groups excluding carboxylic acids is 2. The van der Waals surface area contributed by atoms with Crippen molar-refractivity contribution in [3.05, 3.63) is 0 Å². The molecule has 0 aromatic heterocycles. The van der Waals surface area contributed by atoms with Gasteiger partial charge in [-0.3, -0.25) is 13.8 Å². The molecule has 0 atom stereocenters. The molecule has 1 saturated heterocycles. The molecule has 11 nitrogen and oxygen atoms in total. The number of hydrogen-bond donors (Lipinski definition) is 0. The van der Waals surface area contributed by atoms with E-state index in [4.69, 9.17) is 13.3 Å². The summed E-state index contributed by atoms with van der Waals surface area (Å²) in [5.41, 5.74) is 0. The van der Waals surface area contributed by atoms with E-state index in [2.05, 4.69) is 27.3 Å². The van der Waals surface area contributed by atoms with Crippen molar-refractivity contribution in [1.82, 2.24) is 3.93 Å². The molecule has 0 bridgehead atoms. The molecule has 116 valence electrons. The van der Waals surface area contributed by atoms with Gasteiger partial charge in [-0.1, -0.05) is 0 Å². The van der Waals surface area contributed by atoms with Crippen molar-refractivity contribution >= 4 is 48.2 Å². The van der Waals surface area contributed by atoms with Crippen molar-refractivity contribution in [2.75, 3.05) is 0 Å². The Balaban J connectivity index is -0.0000000187. The summed E-state index contributed by atoms with van der Waals surface area (Å²) in [4.78, 5) is 20.9. The van der Waals surface area contributed by atoms with Crippen molar-refractivity contribution < 1.29 is 109 Å². The van der Waals surface area contributed by atoms with Gasteiger partial charge < -0.3 is 36.5 Å². The van der Waals surface area contributed by atoms with Crippen LogP contribution in [0.2, 0.25) is 0 Å². The predicted octanol–water partition coefficient (Wildman–Crippen LogP) is -10.7. The van der Waals surface area contributed by atoms with E-state index >= 15 is 0 Å². The van der Waals surface area contributed by atoms with Gasteiger partial charge in [-0.05, 0) is 11.2 Å². The monoisotopic (exact) mass is 425 g/mol. The van der Waals surface area contributed by atoms with Crippen LogP contribution in [0.4, 0.5) is 0 Å². The Kier molecular flexibility index (Phi) is 56.9. The van der Waals surface area contributed by atoms with Crippen molar-refractivity contribution in [2.24, 2.45) is 0 Å². The zero-order valence-electron chi connectivity index (χ0n) is 10.6. The number of halogens is 1. The van der Waals surface area contributed by atoms with E-state index in [0.29, 0.717) is 12.8 Å². The number of rotatable bonds is 0. The first kappa shape index (κ1) is 49.5. The Bertz CT molecular complexity index is 303. The third-order valence-corrected chi connectivity index (χ3v) is 1.78. The van der Waals surface area contributed by atoms with Gasteiger partial charge >= 0.3 is 59.1 Å². The van der Waals surface area contributed by atoms with Crippen LogP contribution in [0, 0.1) is 0 Å². The molecule has 0 spiro atoms. The molecule has 1 heterocycles. The van der Waals surface area contributed by atoms with Gasteiger partial charge in [-0.25, -0.2) is 3.93 Å². The van der Waals surface area contributed by atoms with Crippen LogP contribution in [0.5, 0.6) is 0 Å². The topological polar surface area (TPSA) is 258 Å². The fourth-order valence-corrected chi connectivity index (χ4v) is 0.904. The molecule has 0 unspecified atom stereocenters. The van der Waals surface area contributed by atoms with E-state index in [-0.39, 0.29) is 98.3 Å². The molecule has 2 amide bonds. The average Bonchev–Trinajstić information content (AvgIpc) is 2.16. The maximum Gasteiger partial charge on any atom is 1.00 e. The first-order chi connectivity index (χ1) is 5.72. The van der Waals surface area contributed by atoms with Gasteiger partial charge in [-0.2, -0.15) is 0 Å². The molecule has 10 N–H and O–H groups in total. The van der Waals surface area contributed by atoms with Gasteiger partial charge in [0.1, 0.15) is 0 Å². The van der Waals surface area contributed by atoms with E-state index in [9.17, 15) is 9.59 Å². The van der Waals surface area contributed by atoms with Gasteiger partial charge in [0.2, 0.25) is 11.8 Å². The molecule has 20 heavy (non-hydrogen) atoms. The van der Waals surface area contributed by atoms with Crippen LogP contribution in [0.3, 0.4) is 0 Å². The molecular weight excluding hydrogens is 412 g/mol. The second-order valence-electron chi connectivity index (χ2n) is 1.98. The molecule has 0 saturated carbocycles. The smallest absolute Gasteiger partial charge is 0.780 e. The van der Waals surface area contributed by atoms with Gasteiger partial charge in [0.05, 0.1) is 16.1 Å². The summed E-state index contributed by atoms with van der Waals surface area (Å²) < 4.78 is 27.7. The summed E-state index contributed by atoms with van der Waals surface area (Å²) in [6.45, 7) is 0. The number of carbonyl (C=O) groups is 2. The molecule has 0 aromatic carbocycles. The SMILES string of the molecule is O.O.O.O.O.O=C1CCC(=O)N1Br.O=S([O-])([O-])=S.[Na+].[Na+]. The Morgan fingerprint density at radius 3 is 1.15 bits per heavy atom. The second-order valence-corrected chi connectivity index (χ2v) is 4.73. The van der Waals surface area contributed by atoms with Crippen LogP contribution >= 0.6 is 16.1 Å². The first-order valence-electron chi connectivity index (χ1n) is 2.90. The van der Waals surface area contributed by atoms with Crippen molar-refractivity contribution in [3.8, 4) is 0 Å². The number of amides is 2. The van der Waals surface area contributed by atoms with Gasteiger partial charge in [0.25, 0.3) is 0 Å². The summed E-state index contributed by atoms with van der Waals surface area (Å²) >= 11 is 6.05. The molecule has 16 heteroatoms. The van der Waals surface area contributed by atoms with E-state index in [1.54, 1.807) is 0 Å². The van der Waals surface area contributed by atoms with Gasteiger partial charge in [-0.15, -0.1) is 9.05 Å². The number of imide groups is 1. The zero-order valence-corrected chi connectivity index (χ0v) is 17.8. The molecule has 0 aromatic rings. The third kappa shape index (κ3) is 31.9. The minimum atomic E-state index is -4.33. The van der Waals surface area contributed by atoms with Crippen LogP contribution < -0.4 is 59.1 Å². The second kappa shape index (κ2) is 23.0. The Hall–Kier alpha value is 1.71. The Morgan fingerprint density at radius 1 is 0.950 bits per heavy atom. The summed E-state index contributed by atoms with van der Waals surface area (Å²) in [7, 11) is -4.33. The maximum atomic E-state index is 10.4. The van der Waals surface area contributed by atoms with E-state index < -0.39 is 9.05 Å². The molecule has 1 fully saturated rings. The predicted molar refractivity (Wildman–Crippen MR) is 65.1 cm³/mol. The fraction of sp³-hybridized carbons (Fsp3) is 0.500. The largest absolute Gasteiger partial charge is 1.00 e. The van der Waals surface area contributed by atoms with Gasteiger partial charge in [0, 0.05) is 12.8 Å². The van der Waals surface area contributed by atoms with Crippen molar-refractivity contribution in [3.63, 3.8) is 0 Å². The summed E-state index contributed by atoms with van der Waals surface area (Å²) in [6, 6.07) is 0. The standard InChI is InChI=1S/C4H4BrNO2.2Na.H2O3S2.5H2O/c5-6-3(7)1-2-4(6)8;;;1-5(2,3)4;;;;;/h1-2H2;;;(H2,1,2,3,4);5*1H2/q;2*+1;;;;;;/p-2. The van der Waals surface area contributed by atoms with Crippen LogP contribution in [0.15, 0.2) is 0 Å². The zero-order chi connectivity index (χ0) is 10.6. The minimum Gasteiger partial charge on any atom is -0.780 e. The first-order valence-corrected chi connectivity index (χ1v) is 5.94. The van der Waals surface area contributed by atoms with Crippen LogP contribution in [-0.2, 0) is 29.8 Å². The molecule has 1 rings (SSSR count). The Morgan fingerprint density at radius 2 is 1.10 bits per heavy atom. The molecule has 1 aliphatic rings. The quantitative estimate of drug-likeness (QED) is 0.206. The molecule has 0 aliphatic carbocycles. The summed E-state index contributed by atoms with van der Waals surface area (Å²) in [5, 5.41) is 0. The third-order valence-electron chi connectivity index (χ3n) is 0.991. The summed E-state index contributed by atoms with van der Waals surface area (Å²) in [5.74, 6) is -0.287. The summed E-state index contributed by atoms with van der Waals surface area (Å²) in [6.07, 6.45) is 0.703. The van der Waals surface area contributed by atoms with E-state index in [1.807, 2.05) is 0 Å². The fourth-order valence-electron chi connectivity index (χ4n) is 0.549. The van der Waals surface area contributed by atoms with Crippen LogP contribution in [0.25, 0.3) is 0 Å². The minimum absolute atomic E-state index is 0.